The van der Waals surface area contributed by atoms with Crippen LogP contribution in [0.4, 0.5) is 0 Å². The minimum atomic E-state index is -3.32. The minimum Gasteiger partial charge on any atom is -0.381 e. The molecule has 1 amide bonds. The Morgan fingerprint density at radius 3 is 2.28 bits per heavy atom. The number of carbonyl (C=O) groups excluding carboxylic acids is 1. The number of rotatable bonds is 6. The Bertz CT molecular complexity index is 640. The molecule has 0 N–H and O–H groups in total. The van der Waals surface area contributed by atoms with Crippen molar-refractivity contribution in [3.05, 3.63) is 0 Å². The average Bonchev–Trinajstić information content (AvgIpc) is 2.68. The summed E-state index contributed by atoms with van der Waals surface area (Å²) in [7, 11) is -3.32. The van der Waals surface area contributed by atoms with Gasteiger partial charge in [0.05, 0.1) is 6.26 Å². The SMILES string of the molecule is CC(C)N1CCC(CC(=O)N2CCCC(N(C3CCOCC3)S(C)(=O)=O)C2)CC1. The van der Waals surface area contributed by atoms with Gasteiger partial charge in [-0.2, -0.15) is 4.31 Å². The number of hydrogen-bond acceptors (Lipinski definition) is 5. The third-order valence-corrected chi connectivity index (χ3v) is 8.25. The molecule has 3 fully saturated rings. The standard InChI is InChI=1S/C21H39N3O4S/c1-17(2)22-11-6-18(7-12-22)15-21(25)23-10-4-5-20(16-23)24(29(3,26)27)19-8-13-28-14-9-19/h17-20H,4-16H2,1-3H3. The van der Waals surface area contributed by atoms with Crippen molar-refractivity contribution >= 4 is 15.9 Å². The van der Waals surface area contributed by atoms with Crippen LogP contribution >= 0.6 is 0 Å². The quantitative estimate of drug-likeness (QED) is 0.645. The van der Waals surface area contributed by atoms with E-state index < -0.39 is 10.0 Å². The number of sulfonamides is 1. The van der Waals surface area contributed by atoms with E-state index in [-0.39, 0.29) is 18.0 Å². The number of ether oxygens (including phenoxy) is 1. The lowest BCUT2D eigenvalue weighted by Crippen LogP contribution is -2.55. The van der Waals surface area contributed by atoms with Gasteiger partial charge in [-0.3, -0.25) is 4.79 Å². The molecular formula is C21H39N3O4S. The van der Waals surface area contributed by atoms with Crippen LogP contribution in [0.5, 0.6) is 0 Å². The Morgan fingerprint density at radius 2 is 1.69 bits per heavy atom. The molecule has 1 atom stereocenters. The van der Waals surface area contributed by atoms with Gasteiger partial charge < -0.3 is 14.5 Å². The summed E-state index contributed by atoms with van der Waals surface area (Å²) in [5, 5.41) is 0. The fourth-order valence-electron chi connectivity index (χ4n) is 5.22. The molecule has 0 saturated carbocycles. The largest absolute Gasteiger partial charge is 0.381 e. The van der Waals surface area contributed by atoms with Crippen molar-refractivity contribution in [3.8, 4) is 0 Å². The lowest BCUT2D eigenvalue weighted by molar-refractivity contribution is -0.134. The smallest absolute Gasteiger partial charge is 0.222 e. The molecule has 0 aromatic heterocycles. The summed E-state index contributed by atoms with van der Waals surface area (Å²) >= 11 is 0. The van der Waals surface area contributed by atoms with Crippen molar-refractivity contribution in [2.45, 2.75) is 76.9 Å². The molecular weight excluding hydrogens is 390 g/mol. The summed E-state index contributed by atoms with van der Waals surface area (Å²) in [5.41, 5.74) is 0. The van der Waals surface area contributed by atoms with E-state index in [1.54, 1.807) is 4.31 Å². The molecule has 3 aliphatic heterocycles. The van der Waals surface area contributed by atoms with Crippen molar-refractivity contribution in [1.29, 1.82) is 0 Å². The van der Waals surface area contributed by atoms with E-state index >= 15 is 0 Å². The van der Waals surface area contributed by atoms with Crippen molar-refractivity contribution < 1.29 is 17.9 Å². The van der Waals surface area contributed by atoms with Crippen molar-refractivity contribution in [3.63, 3.8) is 0 Å². The molecule has 7 nitrogen and oxygen atoms in total. The van der Waals surface area contributed by atoms with Crippen LogP contribution in [-0.2, 0) is 19.6 Å². The monoisotopic (exact) mass is 429 g/mol. The molecule has 0 aliphatic carbocycles. The molecule has 8 heteroatoms. The molecule has 3 rings (SSSR count). The van der Waals surface area contributed by atoms with E-state index in [4.69, 9.17) is 4.74 Å². The summed E-state index contributed by atoms with van der Waals surface area (Å²) in [4.78, 5) is 17.4. The lowest BCUT2D eigenvalue weighted by Gasteiger charge is -2.43. The summed E-state index contributed by atoms with van der Waals surface area (Å²) in [5.74, 6) is 0.664. The van der Waals surface area contributed by atoms with E-state index in [9.17, 15) is 13.2 Å². The number of likely N-dealkylation sites (tertiary alicyclic amines) is 2. The van der Waals surface area contributed by atoms with Gasteiger partial charge in [-0.05, 0) is 71.4 Å². The van der Waals surface area contributed by atoms with Crippen LogP contribution in [-0.4, -0.2) is 92.2 Å². The molecule has 3 saturated heterocycles. The first-order valence-corrected chi connectivity index (χ1v) is 13.2. The highest BCUT2D eigenvalue weighted by molar-refractivity contribution is 7.88. The minimum absolute atomic E-state index is 0.000775. The molecule has 1 unspecified atom stereocenters. The lowest BCUT2D eigenvalue weighted by atomic mass is 9.92. The molecule has 0 aromatic rings. The summed E-state index contributed by atoms with van der Waals surface area (Å²) in [6, 6.07) is 0.467. The van der Waals surface area contributed by atoms with Crippen LogP contribution in [0.1, 0.15) is 58.8 Å². The zero-order valence-corrected chi connectivity index (χ0v) is 19.2. The Morgan fingerprint density at radius 1 is 1.03 bits per heavy atom. The fourth-order valence-corrected chi connectivity index (χ4v) is 6.68. The van der Waals surface area contributed by atoms with Gasteiger partial charge in [-0.25, -0.2) is 8.42 Å². The first-order valence-electron chi connectivity index (χ1n) is 11.3. The average molecular weight is 430 g/mol. The van der Waals surface area contributed by atoms with Gasteiger partial charge in [-0.15, -0.1) is 0 Å². The maximum absolute atomic E-state index is 13.0. The molecule has 0 bridgehead atoms. The molecule has 0 aromatic carbocycles. The van der Waals surface area contributed by atoms with Gasteiger partial charge in [0.25, 0.3) is 0 Å². The molecule has 3 heterocycles. The Kier molecular flexibility index (Phi) is 7.98. The van der Waals surface area contributed by atoms with E-state index in [2.05, 4.69) is 18.7 Å². The summed E-state index contributed by atoms with van der Waals surface area (Å²) in [6.45, 7) is 9.12. The zero-order valence-electron chi connectivity index (χ0n) is 18.4. The molecule has 168 valence electrons. The second-order valence-electron chi connectivity index (χ2n) is 9.35. The normalized spacial score (nSPS) is 26.4. The van der Waals surface area contributed by atoms with Gasteiger partial charge in [0, 0.05) is 50.8 Å². The highest BCUT2D eigenvalue weighted by Gasteiger charge is 2.38. The van der Waals surface area contributed by atoms with Gasteiger partial charge >= 0.3 is 0 Å². The molecule has 3 aliphatic rings. The van der Waals surface area contributed by atoms with Crippen LogP contribution in [0.15, 0.2) is 0 Å². The first-order chi connectivity index (χ1) is 13.8. The van der Waals surface area contributed by atoms with Gasteiger partial charge in [0.1, 0.15) is 0 Å². The van der Waals surface area contributed by atoms with Crippen LogP contribution in [0, 0.1) is 5.92 Å². The van der Waals surface area contributed by atoms with Crippen molar-refractivity contribution in [1.82, 2.24) is 14.1 Å². The van der Waals surface area contributed by atoms with Crippen molar-refractivity contribution in [2.24, 2.45) is 5.92 Å². The fraction of sp³-hybridized carbons (Fsp3) is 0.952. The molecule has 0 spiro atoms. The third kappa shape index (κ3) is 6.15. The highest BCUT2D eigenvalue weighted by Crippen LogP contribution is 2.28. The molecule has 29 heavy (non-hydrogen) atoms. The van der Waals surface area contributed by atoms with E-state index in [0.717, 1.165) is 58.2 Å². The van der Waals surface area contributed by atoms with E-state index in [1.807, 2.05) is 4.90 Å². The van der Waals surface area contributed by atoms with E-state index in [1.165, 1.54) is 6.26 Å². The zero-order chi connectivity index (χ0) is 21.0. The Balaban J connectivity index is 1.58. The highest BCUT2D eigenvalue weighted by atomic mass is 32.2. The van der Waals surface area contributed by atoms with Crippen molar-refractivity contribution in [2.75, 3.05) is 45.6 Å². The summed E-state index contributed by atoms with van der Waals surface area (Å²) in [6.07, 6.45) is 7.27. The maximum Gasteiger partial charge on any atom is 0.222 e. The third-order valence-electron chi connectivity index (χ3n) is 6.89. The van der Waals surface area contributed by atoms with Crippen LogP contribution in [0.25, 0.3) is 0 Å². The summed E-state index contributed by atoms with van der Waals surface area (Å²) < 4.78 is 32.3. The number of carbonyl (C=O) groups is 1. The predicted molar refractivity (Wildman–Crippen MR) is 114 cm³/mol. The number of amides is 1. The second kappa shape index (κ2) is 10.1. The van der Waals surface area contributed by atoms with Gasteiger partial charge in [0.2, 0.25) is 15.9 Å². The van der Waals surface area contributed by atoms with E-state index in [0.29, 0.717) is 38.1 Å². The van der Waals surface area contributed by atoms with Gasteiger partial charge in [0.15, 0.2) is 0 Å². The Labute approximate surface area is 176 Å². The van der Waals surface area contributed by atoms with Crippen LogP contribution in [0.2, 0.25) is 0 Å². The van der Waals surface area contributed by atoms with Gasteiger partial charge in [-0.1, -0.05) is 0 Å². The second-order valence-corrected chi connectivity index (χ2v) is 11.2. The number of hydrogen-bond donors (Lipinski definition) is 0. The predicted octanol–water partition coefficient (Wildman–Crippen LogP) is 1.93. The van der Waals surface area contributed by atoms with Crippen LogP contribution in [0.3, 0.4) is 0 Å². The topological polar surface area (TPSA) is 70.2 Å². The first kappa shape index (κ1) is 23.0. The number of piperidine rings is 2. The Hall–Kier alpha value is -0.700. The van der Waals surface area contributed by atoms with Crippen LogP contribution < -0.4 is 0 Å². The molecule has 0 radical (unpaired) electrons. The maximum atomic E-state index is 13.0. The number of nitrogens with zero attached hydrogens (tertiary/aromatic N) is 3.